The highest BCUT2D eigenvalue weighted by molar-refractivity contribution is 5.99. The van der Waals surface area contributed by atoms with Gasteiger partial charge in [-0.15, -0.1) is 0 Å². The Labute approximate surface area is 169 Å². The number of halogens is 3. The number of amides is 1. The van der Waals surface area contributed by atoms with Crippen molar-refractivity contribution >= 4 is 28.3 Å². The van der Waals surface area contributed by atoms with Crippen molar-refractivity contribution in [2.45, 2.75) is 19.0 Å². The van der Waals surface area contributed by atoms with Gasteiger partial charge in [0.15, 0.2) is 0 Å². The second-order valence-corrected chi connectivity index (χ2v) is 6.96. The SMILES string of the molecule is CNc1ncc(C#Cc2cn(C)c(C(F)(F)F)n2)c2cc(NC(=O)C3CC3)ncc12. The van der Waals surface area contributed by atoms with E-state index in [0.717, 1.165) is 17.4 Å². The number of aromatic nitrogens is 4. The molecule has 0 aromatic carbocycles. The number of pyridine rings is 2. The summed E-state index contributed by atoms with van der Waals surface area (Å²) in [6, 6.07) is 1.68. The van der Waals surface area contributed by atoms with Gasteiger partial charge in [-0.2, -0.15) is 13.2 Å². The van der Waals surface area contributed by atoms with Crippen LogP contribution < -0.4 is 10.6 Å². The number of alkyl halides is 3. The first kappa shape index (κ1) is 19.7. The van der Waals surface area contributed by atoms with E-state index < -0.39 is 12.0 Å². The molecule has 0 saturated heterocycles. The average Bonchev–Trinajstić information content (AvgIpc) is 3.47. The number of hydrogen-bond acceptors (Lipinski definition) is 5. The van der Waals surface area contributed by atoms with Gasteiger partial charge in [-0.3, -0.25) is 4.79 Å². The fourth-order valence-electron chi connectivity index (χ4n) is 3.00. The summed E-state index contributed by atoms with van der Waals surface area (Å²) in [5.74, 6) is 5.38. The summed E-state index contributed by atoms with van der Waals surface area (Å²) in [5, 5.41) is 7.08. The summed E-state index contributed by atoms with van der Waals surface area (Å²) < 4.78 is 39.7. The molecule has 1 amide bonds. The number of fused-ring (bicyclic) bond motifs is 1. The van der Waals surface area contributed by atoms with Gasteiger partial charge in [0.25, 0.3) is 0 Å². The molecule has 0 spiro atoms. The van der Waals surface area contributed by atoms with Crippen LogP contribution >= 0.6 is 0 Å². The third-order valence-electron chi connectivity index (χ3n) is 4.66. The highest BCUT2D eigenvalue weighted by Gasteiger charge is 2.36. The first-order valence-corrected chi connectivity index (χ1v) is 9.16. The lowest BCUT2D eigenvalue weighted by atomic mass is 10.1. The topological polar surface area (TPSA) is 84.7 Å². The van der Waals surface area contributed by atoms with Gasteiger partial charge >= 0.3 is 6.18 Å². The monoisotopic (exact) mass is 414 g/mol. The van der Waals surface area contributed by atoms with Gasteiger partial charge in [0, 0.05) is 49.4 Å². The Morgan fingerprint density at radius 1 is 1.20 bits per heavy atom. The molecule has 1 saturated carbocycles. The van der Waals surface area contributed by atoms with E-state index in [4.69, 9.17) is 0 Å². The van der Waals surface area contributed by atoms with Crippen LogP contribution in [-0.2, 0) is 18.0 Å². The molecule has 0 bridgehead atoms. The highest BCUT2D eigenvalue weighted by atomic mass is 19.4. The first-order chi connectivity index (χ1) is 14.3. The molecule has 1 fully saturated rings. The molecule has 30 heavy (non-hydrogen) atoms. The fraction of sp³-hybridized carbons (Fsp3) is 0.300. The van der Waals surface area contributed by atoms with Gasteiger partial charge in [-0.05, 0) is 24.8 Å². The molecule has 2 N–H and O–H groups in total. The molecule has 7 nitrogen and oxygen atoms in total. The maximum Gasteiger partial charge on any atom is 0.449 e. The van der Waals surface area contributed by atoms with Crippen molar-refractivity contribution in [3.63, 3.8) is 0 Å². The molecule has 0 aliphatic heterocycles. The fourth-order valence-corrected chi connectivity index (χ4v) is 3.00. The second kappa shape index (κ2) is 7.33. The highest BCUT2D eigenvalue weighted by Crippen LogP contribution is 2.31. The number of carbonyl (C=O) groups is 1. The molecule has 10 heteroatoms. The number of nitrogens with zero attached hydrogens (tertiary/aromatic N) is 4. The van der Waals surface area contributed by atoms with Crippen LogP contribution in [0.15, 0.2) is 24.7 Å². The summed E-state index contributed by atoms with van der Waals surface area (Å²) >= 11 is 0. The Bertz CT molecular complexity index is 1200. The Hall–Kier alpha value is -3.61. The van der Waals surface area contributed by atoms with Gasteiger partial charge in [0.1, 0.15) is 17.3 Å². The van der Waals surface area contributed by atoms with Crippen molar-refractivity contribution in [2.24, 2.45) is 13.0 Å². The molecule has 0 atom stereocenters. The van der Waals surface area contributed by atoms with E-state index >= 15 is 0 Å². The van der Waals surface area contributed by atoms with E-state index in [9.17, 15) is 18.0 Å². The number of rotatable bonds is 3. The van der Waals surface area contributed by atoms with Crippen molar-refractivity contribution in [2.75, 3.05) is 17.7 Å². The first-order valence-electron chi connectivity index (χ1n) is 9.16. The number of imidazole rings is 1. The van der Waals surface area contributed by atoms with Gasteiger partial charge in [-0.1, -0.05) is 5.92 Å². The molecule has 3 aromatic heterocycles. The predicted octanol–water partition coefficient (Wildman–Crippen LogP) is 3.17. The van der Waals surface area contributed by atoms with Crippen LogP contribution in [-0.4, -0.2) is 32.5 Å². The van der Waals surface area contributed by atoms with Crippen LogP contribution in [0.2, 0.25) is 0 Å². The summed E-state index contributed by atoms with van der Waals surface area (Å²) in [6.07, 6.45) is 1.49. The normalized spacial score (nSPS) is 13.6. The Morgan fingerprint density at radius 2 is 1.97 bits per heavy atom. The lowest BCUT2D eigenvalue weighted by Gasteiger charge is -2.09. The number of carbonyl (C=O) groups excluding carboxylic acids is 1. The van der Waals surface area contributed by atoms with Crippen molar-refractivity contribution < 1.29 is 18.0 Å². The summed E-state index contributed by atoms with van der Waals surface area (Å²) in [6.45, 7) is 0. The Kier molecular flexibility index (Phi) is 4.81. The number of hydrogen-bond donors (Lipinski definition) is 2. The molecule has 3 aromatic rings. The minimum atomic E-state index is -4.56. The molecular formula is C20H17F3N6O. The minimum absolute atomic E-state index is 0.00742. The van der Waals surface area contributed by atoms with Crippen LogP contribution in [0.5, 0.6) is 0 Å². The summed E-state index contributed by atoms with van der Waals surface area (Å²) in [5.41, 5.74) is 0.472. The van der Waals surface area contributed by atoms with E-state index in [1.54, 1.807) is 19.3 Å². The zero-order valence-corrected chi connectivity index (χ0v) is 16.1. The van der Waals surface area contributed by atoms with Crippen LogP contribution in [0, 0.1) is 17.8 Å². The van der Waals surface area contributed by atoms with Gasteiger partial charge in [0.05, 0.1) is 5.56 Å². The molecule has 154 valence electrons. The van der Waals surface area contributed by atoms with E-state index in [0.29, 0.717) is 28.0 Å². The number of aryl methyl sites for hydroxylation is 1. The maximum absolute atomic E-state index is 12.9. The smallest absolute Gasteiger partial charge is 0.373 e. The lowest BCUT2D eigenvalue weighted by molar-refractivity contribution is -0.146. The zero-order chi connectivity index (χ0) is 21.5. The summed E-state index contributed by atoms with van der Waals surface area (Å²) in [7, 11) is 2.97. The van der Waals surface area contributed by atoms with E-state index in [-0.39, 0.29) is 17.5 Å². The van der Waals surface area contributed by atoms with Crippen LogP contribution in [0.25, 0.3) is 10.8 Å². The third kappa shape index (κ3) is 3.91. The standard InChI is InChI=1S/C20H17F3N6O/c1-24-17-15-9-25-16(28-18(30)11-3-4-11)7-14(15)12(8-26-17)5-6-13-10-29(2)19(27-13)20(21,22)23/h7-11H,3-4H2,1-2H3,(H,24,26)(H,25,28,30). The van der Waals surface area contributed by atoms with Crippen LogP contribution in [0.4, 0.5) is 24.8 Å². The number of nitrogens with one attached hydrogen (secondary N) is 2. The third-order valence-corrected chi connectivity index (χ3v) is 4.66. The lowest BCUT2D eigenvalue weighted by Crippen LogP contribution is -2.14. The molecule has 1 aliphatic rings. The largest absolute Gasteiger partial charge is 0.449 e. The molecule has 3 heterocycles. The number of anilines is 2. The van der Waals surface area contributed by atoms with Gasteiger partial charge < -0.3 is 15.2 Å². The summed E-state index contributed by atoms with van der Waals surface area (Å²) in [4.78, 5) is 24.1. The minimum Gasteiger partial charge on any atom is -0.373 e. The van der Waals surface area contributed by atoms with Gasteiger partial charge in [0.2, 0.25) is 11.7 Å². The van der Waals surface area contributed by atoms with E-state index in [2.05, 4.69) is 37.4 Å². The van der Waals surface area contributed by atoms with Crippen molar-refractivity contribution in [3.05, 3.63) is 41.7 Å². The zero-order valence-electron chi connectivity index (χ0n) is 16.1. The van der Waals surface area contributed by atoms with E-state index in [1.165, 1.54) is 19.4 Å². The van der Waals surface area contributed by atoms with Gasteiger partial charge in [-0.25, -0.2) is 15.0 Å². The quantitative estimate of drug-likeness (QED) is 0.643. The van der Waals surface area contributed by atoms with Crippen molar-refractivity contribution in [3.8, 4) is 11.8 Å². The van der Waals surface area contributed by atoms with Crippen molar-refractivity contribution in [1.82, 2.24) is 19.5 Å². The van der Waals surface area contributed by atoms with Crippen molar-refractivity contribution in [1.29, 1.82) is 0 Å². The van der Waals surface area contributed by atoms with Crippen LogP contribution in [0.1, 0.15) is 29.9 Å². The van der Waals surface area contributed by atoms with E-state index in [1.807, 2.05) is 0 Å². The molecule has 0 unspecified atom stereocenters. The maximum atomic E-state index is 12.9. The molecule has 1 aliphatic carbocycles. The molecule has 4 rings (SSSR count). The predicted molar refractivity (Wildman–Crippen MR) is 105 cm³/mol. The Morgan fingerprint density at radius 3 is 2.60 bits per heavy atom. The van der Waals surface area contributed by atoms with Crippen LogP contribution in [0.3, 0.4) is 0 Å². The second-order valence-electron chi connectivity index (χ2n) is 6.96. The molecule has 0 radical (unpaired) electrons. The average molecular weight is 414 g/mol. The molecular weight excluding hydrogens is 397 g/mol. The Balaban J connectivity index is 1.73.